The maximum absolute atomic E-state index is 12.1. The average molecular weight is 327 g/mol. The van der Waals surface area contributed by atoms with Crippen LogP contribution in [-0.4, -0.2) is 33.5 Å². The predicted octanol–water partition coefficient (Wildman–Crippen LogP) is 0.669. The number of benzene rings is 1. The molecule has 7 nitrogen and oxygen atoms in total. The number of ether oxygens (including phenoxy) is 1. The van der Waals surface area contributed by atoms with E-state index in [-0.39, 0.29) is 23.3 Å². The summed E-state index contributed by atoms with van der Waals surface area (Å²) >= 11 is 0. The Balaban J connectivity index is 2.23. The van der Waals surface area contributed by atoms with Crippen molar-refractivity contribution in [2.75, 3.05) is 18.4 Å². The lowest BCUT2D eigenvalue weighted by atomic mass is 10.0. The van der Waals surface area contributed by atoms with Gasteiger partial charge >= 0.3 is 0 Å². The third kappa shape index (κ3) is 3.57. The lowest BCUT2D eigenvalue weighted by molar-refractivity contribution is -0.125. The number of carbonyl (C=O) groups excluding carboxylic acids is 1. The summed E-state index contributed by atoms with van der Waals surface area (Å²) in [4.78, 5) is 12.0. The molecule has 1 aliphatic heterocycles. The molecule has 122 valence electrons. The standard InChI is InChI=1S/C14H21N3O4S/c1-9(2)13-14(18)17-11-8-10(4-5-12(11)21-13)22(19,20)16-7-3-6-15/h4-5,8-9,13,16H,3,6-7,15H2,1-2H3,(H,17,18). The number of sulfonamides is 1. The fourth-order valence-corrected chi connectivity index (χ4v) is 3.20. The van der Waals surface area contributed by atoms with Gasteiger partial charge in [0.2, 0.25) is 10.0 Å². The summed E-state index contributed by atoms with van der Waals surface area (Å²) in [5.41, 5.74) is 5.71. The van der Waals surface area contributed by atoms with Crippen molar-refractivity contribution >= 4 is 21.6 Å². The largest absolute Gasteiger partial charge is 0.478 e. The van der Waals surface area contributed by atoms with E-state index in [1.807, 2.05) is 13.8 Å². The predicted molar refractivity (Wildman–Crippen MR) is 83.2 cm³/mol. The van der Waals surface area contributed by atoms with Gasteiger partial charge in [0.05, 0.1) is 10.6 Å². The number of carbonyl (C=O) groups is 1. The van der Waals surface area contributed by atoms with Gasteiger partial charge in [0.1, 0.15) is 5.75 Å². The first-order chi connectivity index (χ1) is 10.3. The minimum atomic E-state index is -3.63. The van der Waals surface area contributed by atoms with Crippen molar-refractivity contribution in [1.82, 2.24) is 4.72 Å². The number of amides is 1. The minimum absolute atomic E-state index is 0.0227. The fourth-order valence-electron chi connectivity index (χ4n) is 2.10. The molecule has 1 amide bonds. The molecule has 0 aliphatic carbocycles. The second-order valence-corrected chi connectivity index (χ2v) is 7.24. The van der Waals surface area contributed by atoms with E-state index in [0.29, 0.717) is 24.4 Å². The van der Waals surface area contributed by atoms with Crippen LogP contribution in [0.15, 0.2) is 23.1 Å². The van der Waals surface area contributed by atoms with Crippen molar-refractivity contribution in [2.24, 2.45) is 11.7 Å². The van der Waals surface area contributed by atoms with E-state index >= 15 is 0 Å². The minimum Gasteiger partial charge on any atom is -0.478 e. The Hall–Kier alpha value is -1.64. The Morgan fingerprint density at radius 2 is 2.14 bits per heavy atom. The molecule has 1 heterocycles. The molecule has 8 heteroatoms. The molecular formula is C14H21N3O4S. The first kappa shape index (κ1) is 16.7. The lowest BCUT2D eigenvalue weighted by Crippen LogP contribution is -2.40. The molecule has 4 N–H and O–H groups in total. The van der Waals surface area contributed by atoms with Gasteiger partial charge in [-0.1, -0.05) is 13.8 Å². The molecule has 0 saturated carbocycles. The van der Waals surface area contributed by atoms with Crippen molar-refractivity contribution in [3.05, 3.63) is 18.2 Å². The Kier molecular flexibility index (Phi) is 5.05. The molecule has 1 aromatic rings. The molecule has 0 saturated heterocycles. The molecule has 0 radical (unpaired) electrons. The van der Waals surface area contributed by atoms with E-state index in [1.54, 1.807) is 6.07 Å². The number of anilines is 1. The van der Waals surface area contributed by atoms with Crippen molar-refractivity contribution in [1.29, 1.82) is 0 Å². The number of rotatable bonds is 6. The van der Waals surface area contributed by atoms with Crippen LogP contribution in [-0.2, 0) is 14.8 Å². The molecule has 1 aliphatic rings. The summed E-state index contributed by atoms with van der Waals surface area (Å²) in [5, 5.41) is 2.69. The zero-order valence-corrected chi connectivity index (χ0v) is 13.4. The highest BCUT2D eigenvalue weighted by Crippen LogP contribution is 2.33. The van der Waals surface area contributed by atoms with E-state index in [0.717, 1.165) is 0 Å². The third-order valence-electron chi connectivity index (χ3n) is 3.31. The highest BCUT2D eigenvalue weighted by molar-refractivity contribution is 7.89. The number of hydrogen-bond acceptors (Lipinski definition) is 5. The van der Waals surface area contributed by atoms with Gasteiger partial charge < -0.3 is 15.8 Å². The van der Waals surface area contributed by atoms with Gasteiger partial charge in [-0.3, -0.25) is 4.79 Å². The van der Waals surface area contributed by atoms with Crippen molar-refractivity contribution < 1.29 is 17.9 Å². The Morgan fingerprint density at radius 1 is 1.41 bits per heavy atom. The van der Waals surface area contributed by atoms with E-state index in [2.05, 4.69) is 10.0 Å². The maximum Gasteiger partial charge on any atom is 0.265 e. The molecule has 0 fully saturated rings. The number of hydrogen-bond donors (Lipinski definition) is 3. The normalized spacial score (nSPS) is 17.8. The maximum atomic E-state index is 12.1. The van der Waals surface area contributed by atoms with E-state index in [4.69, 9.17) is 10.5 Å². The number of fused-ring (bicyclic) bond motifs is 1. The van der Waals surface area contributed by atoms with Crippen LogP contribution in [0, 0.1) is 5.92 Å². The van der Waals surface area contributed by atoms with Crippen LogP contribution in [0.3, 0.4) is 0 Å². The van der Waals surface area contributed by atoms with Crippen molar-refractivity contribution in [3.63, 3.8) is 0 Å². The Labute approximate surface area is 130 Å². The highest BCUT2D eigenvalue weighted by atomic mass is 32.2. The number of nitrogens with one attached hydrogen (secondary N) is 2. The molecule has 1 aromatic carbocycles. The van der Waals surface area contributed by atoms with E-state index in [1.165, 1.54) is 12.1 Å². The van der Waals surface area contributed by atoms with Gasteiger partial charge in [0.25, 0.3) is 5.91 Å². The monoisotopic (exact) mass is 327 g/mol. The molecule has 0 aromatic heterocycles. The smallest absolute Gasteiger partial charge is 0.265 e. The van der Waals surface area contributed by atoms with Gasteiger partial charge in [-0.05, 0) is 37.1 Å². The first-order valence-corrected chi connectivity index (χ1v) is 8.65. The van der Waals surface area contributed by atoms with Crippen LogP contribution in [0.4, 0.5) is 5.69 Å². The molecular weight excluding hydrogens is 306 g/mol. The second-order valence-electron chi connectivity index (χ2n) is 5.47. The lowest BCUT2D eigenvalue weighted by Gasteiger charge is -2.28. The van der Waals surface area contributed by atoms with Gasteiger partial charge in [0, 0.05) is 6.54 Å². The quantitative estimate of drug-likeness (QED) is 0.665. The van der Waals surface area contributed by atoms with Crippen LogP contribution in [0.25, 0.3) is 0 Å². The summed E-state index contributed by atoms with van der Waals surface area (Å²) in [6.07, 6.45) is -0.0160. The summed E-state index contributed by atoms with van der Waals surface area (Å²) in [5.74, 6) is 0.224. The topological polar surface area (TPSA) is 111 Å². The van der Waals surface area contributed by atoms with Gasteiger partial charge in [-0.25, -0.2) is 13.1 Å². The van der Waals surface area contributed by atoms with E-state index < -0.39 is 16.1 Å². The summed E-state index contributed by atoms with van der Waals surface area (Å²) in [6, 6.07) is 4.41. The average Bonchev–Trinajstić information content (AvgIpc) is 2.45. The SMILES string of the molecule is CC(C)C1Oc2ccc(S(=O)(=O)NCCCN)cc2NC1=O. The summed E-state index contributed by atoms with van der Waals surface area (Å²) in [7, 11) is -3.63. The van der Waals surface area contributed by atoms with Crippen LogP contribution < -0.4 is 20.5 Å². The van der Waals surface area contributed by atoms with Crippen LogP contribution in [0.1, 0.15) is 20.3 Å². The van der Waals surface area contributed by atoms with Crippen molar-refractivity contribution in [2.45, 2.75) is 31.3 Å². The highest BCUT2D eigenvalue weighted by Gasteiger charge is 2.31. The first-order valence-electron chi connectivity index (χ1n) is 7.16. The summed E-state index contributed by atoms with van der Waals surface area (Å²) < 4.78 is 32.4. The van der Waals surface area contributed by atoms with Gasteiger partial charge in [-0.2, -0.15) is 0 Å². The van der Waals surface area contributed by atoms with Gasteiger partial charge in [0.15, 0.2) is 6.10 Å². The zero-order chi connectivity index (χ0) is 16.3. The zero-order valence-electron chi connectivity index (χ0n) is 12.6. The second kappa shape index (κ2) is 6.64. The van der Waals surface area contributed by atoms with Crippen LogP contribution in [0.5, 0.6) is 5.75 Å². The van der Waals surface area contributed by atoms with Crippen molar-refractivity contribution in [3.8, 4) is 5.75 Å². The molecule has 22 heavy (non-hydrogen) atoms. The summed E-state index contributed by atoms with van der Waals surface area (Å²) in [6.45, 7) is 4.45. The molecule has 1 unspecified atom stereocenters. The molecule has 0 bridgehead atoms. The fraction of sp³-hybridized carbons (Fsp3) is 0.500. The Morgan fingerprint density at radius 3 is 2.77 bits per heavy atom. The Bertz CT molecular complexity index is 658. The van der Waals surface area contributed by atoms with Crippen LogP contribution in [0.2, 0.25) is 0 Å². The van der Waals surface area contributed by atoms with Gasteiger partial charge in [-0.15, -0.1) is 0 Å². The number of nitrogens with two attached hydrogens (primary N) is 1. The molecule has 2 rings (SSSR count). The third-order valence-corrected chi connectivity index (χ3v) is 4.77. The van der Waals surface area contributed by atoms with E-state index in [9.17, 15) is 13.2 Å². The molecule has 1 atom stereocenters. The molecule has 0 spiro atoms. The van der Waals surface area contributed by atoms with Crippen LogP contribution >= 0.6 is 0 Å².